The molecule has 0 saturated heterocycles. The van der Waals surface area contributed by atoms with E-state index in [9.17, 15) is 15.2 Å². The van der Waals surface area contributed by atoms with Gasteiger partial charge in [-0.05, 0) is 24.8 Å². The second kappa shape index (κ2) is 6.27. The van der Waals surface area contributed by atoms with E-state index in [1.807, 2.05) is 0 Å². The molecule has 0 fully saturated rings. The molecule has 2 atom stereocenters. The minimum atomic E-state index is -0.624. The summed E-state index contributed by atoms with van der Waals surface area (Å²) in [6.07, 6.45) is 3.52. The summed E-state index contributed by atoms with van der Waals surface area (Å²) in [6.45, 7) is 0. The van der Waals surface area contributed by atoms with Crippen LogP contribution in [0.15, 0.2) is 28.5 Å². The molecule has 0 aromatic carbocycles. The molecule has 1 aliphatic carbocycles. The third-order valence-electron chi connectivity index (χ3n) is 2.97. The molecule has 0 radical (unpaired) electrons. The topological polar surface area (TPSA) is 128 Å². The Hall–Kier alpha value is -1.73. The minimum Gasteiger partial charge on any atom is -0.399 e. The van der Waals surface area contributed by atoms with Gasteiger partial charge >= 0.3 is 5.70 Å². The van der Waals surface area contributed by atoms with Crippen LogP contribution < -0.4 is 11.5 Å². The third-order valence-corrected chi connectivity index (χ3v) is 2.97. The molecule has 7 nitrogen and oxygen atoms in total. The van der Waals surface area contributed by atoms with Crippen LogP contribution >= 0.6 is 0 Å². The van der Waals surface area contributed by atoms with Crippen molar-refractivity contribution in [1.29, 1.82) is 0 Å². The summed E-state index contributed by atoms with van der Waals surface area (Å²) >= 11 is 0. The van der Waals surface area contributed by atoms with E-state index < -0.39 is 11.0 Å². The van der Waals surface area contributed by atoms with E-state index in [0.29, 0.717) is 24.8 Å². The summed E-state index contributed by atoms with van der Waals surface area (Å²) in [5, 5.41) is 20.5. The molecule has 0 amide bonds. The molecule has 0 spiro atoms. The minimum absolute atomic E-state index is 0.228. The average molecular weight is 254 g/mol. The second-order valence-electron chi connectivity index (χ2n) is 4.12. The number of hydrogen-bond acceptors (Lipinski definition) is 6. The first-order valence-corrected chi connectivity index (χ1v) is 5.67. The fraction of sp³-hybridized carbons (Fsp3) is 0.545. The van der Waals surface area contributed by atoms with Crippen molar-refractivity contribution in [3.63, 3.8) is 0 Å². The van der Waals surface area contributed by atoms with Gasteiger partial charge in [-0.1, -0.05) is 6.08 Å². The fourth-order valence-electron chi connectivity index (χ4n) is 1.92. The summed E-state index contributed by atoms with van der Waals surface area (Å²) in [6, 6.07) is -0.322. The highest BCUT2D eigenvalue weighted by Gasteiger charge is 2.25. The normalized spacial score (nSPS) is 26.5. The average Bonchev–Trinajstić information content (AvgIpc) is 2.50. The predicted octanol–water partition coefficient (Wildman–Crippen LogP) is -0.0675. The van der Waals surface area contributed by atoms with Crippen molar-refractivity contribution in [3.05, 3.63) is 33.7 Å². The Balaban J connectivity index is 3.01. The molecule has 18 heavy (non-hydrogen) atoms. The van der Waals surface area contributed by atoms with Gasteiger partial charge in [-0.3, -0.25) is 15.1 Å². The van der Waals surface area contributed by atoms with Crippen LogP contribution in [0.3, 0.4) is 0 Å². The molecule has 0 aromatic heterocycles. The zero-order chi connectivity index (χ0) is 13.7. The quantitative estimate of drug-likeness (QED) is 0.369. The largest absolute Gasteiger partial charge is 0.399 e. The van der Waals surface area contributed by atoms with Gasteiger partial charge in [-0.25, -0.2) is 0 Å². The number of nitrogens with two attached hydrogens (primary N) is 2. The second-order valence-corrected chi connectivity index (χ2v) is 4.12. The maximum absolute atomic E-state index is 10.9. The maximum atomic E-state index is 10.9. The summed E-state index contributed by atoms with van der Waals surface area (Å²) in [5.41, 5.74) is 11.8. The Morgan fingerprint density at radius 2 is 2.39 bits per heavy atom. The van der Waals surface area contributed by atoms with Gasteiger partial charge in [0, 0.05) is 13.1 Å². The lowest BCUT2D eigenvalue weighted by atomic mass is 10.0. The monoisotopic (exact) mass is 254 g/mol. The predicted molar refractivity (Wildman–Crippen MR) is 68.5 cm³/mol. The molecule has 5 N–H and O–H groups in total. The van der Waals surface area contributed by atoms with E-state index in [1.54, 1.807) is 6.08 Å². The number of aliphatic hydroxyl groups excluding tert-OH is 1. The highest BCUT2D eigenvalue weighted by molar-refractivity contribution is 6.10. The Labute approximate surface area is 105 Å². The summed E-state index contributed by atoms with van der Waals surface area (Å²) < 4.78 is 0. The first kappa shape index (κ1) is 14.3. The molecular weight excluding hydrogens is 236 g/mol. The van der Waals surface area contributed by atoms with Gasteiger partial charge in [0.25, 0.3) is 0 Å². The zero-order valence-corrected chi connectivity index (χ0v) is 10.2. The number of hydrogen-bond donors (Lipinski definition) is 3. The Bertz CT molecular complexity index is 415. The number of rotatable bonds is 3. The van der Waals surface area contributed by atoms with Gasteiger partial charge < -0.3 is 16.6 Å². The SMILES string of the molecule is CN=C(C1=CC[C@@H](O)C(N)CC1)/C(=C\N)[N+](=O)[O-]. The van der Waals surface area contributed by atoms with Crippen molar-refractivity contribution >= 4 is 5.71 Å². The molecular formula is C11H18N4O3. The van der Waals surface area contributed by atoms with Crippen LogP contribution in [0.1, 0.15) is 19.3 Å². The lowest BCUT2D eigenvalue weighted by Crippen LogP contribution is -2.33. The first-order valence-electron chi connectivity index (χ1n) is 5.67. The molecule has 7 heteroatoms. The van der Waals surface area contributed by atoms with Gasteiger partial charge in [0.05, 0.1) is 17.2 Å². The number of aliphatic hydroxyl groups is 1. The summed E-state index contributed by atoms with van der Waals surface area (Å²) in [4.78, 5) is 14.2. The van der Waals surface area contributed by atoms with Gasteiger partial charge in [0.2, 0.25) is 0 Å². The molecule has 0 saturated carbocycles. The molecule has 1 unspecified atom stereocenters. The maximum Gasteiger partial charge on any atom is 0.309 e. The van der Waals surface area contributed by atoms with Gasteiger partial charge in [-0.2, -0.15) is 0 Å². The molecule has 1 aliphatic rings. The third kappa shape index (κ3) is 3.14. The van der Waals surface area contributed by atoms with Crippen LogP contribution in [0.2, 0.25) is 0 Å². The van der Waals surface area contributed by atoms with Crippen LogP contribution in [0.5, 0.6) is 0 Å². The van der Waals surface area contributed by atoms with E-state index in [2.05, 4.69) is 4.99 Å². The zero-order valence-electron chi connectivity index (χ0n) is 10.2. The van der Waals surface area contributed by atoms with Crippen molar-refractivity contribution in [3.8, 4) is 0 Å². The van der Waals surface area contributed by atoms with Crippen LogP contribution in [0, 0.1) is 10.1 Å². The molecule has 0 aromatic rings. The first-order chi connectivity index (χ1) is 8.51. The number of nitrogens with zero attached hydrogens (tertiary/aromatic N) is 2. The Morgan fingerprint density at radius 3 is 2.89 bits per heavy atom. The Morgan fingerprint density at radius 1 is 1.72 bits per heavy atom. The molecule has 0 heterocycles. The molecule has 0 aliphatic heterocycles. The van der Waals surface area contributed by atoms with E-state index >= 15 is 0 Å². The summed E-state index contributed by atoms with van der Waals surface area (Å²) in [5.74, 6) is 0. The number of nitro groups is 1. The van der Waals surface area contributed by atoms with Crippen LogP contribution in [0.25, 0.3) is 0 Å². The van der Waals surface area contributed by atoms with E-state index in [4.69, 9.17) is 11.5 Å². The standard InChI is InChI=1S/C11H18N4O3/c1-14-11(9(6-12)15(17)18)7-2-4-8(13)10(16)5-3-7/h3,6,8,10,16H,2,4-5,12-13H2,1H3/b9-6+,14-11?/t8?,10-/m1/s1. The highest BCUT2D eigenvalue weighted by atomic mass is 16.6. The van der Waals surface area contributed by atoms with Crippen molar-refractivity contribution in [2.24, 2.45) is 16.5 Å². The van der Waals surface area contributed by atoms with E-state index in [1.165, 1.54) is 7.05 Å². The number of allylic oxidation sites excluding steroid dienone is 1. The lowest BCUT2D eigenvalue weighted by molar-refractivity contribution is -0.415. The number of aliphatic imine (C=N–C) groups is 1. The van der Waals surface area contributed by atoms with Crippen molar-refractivity contribution < 1.29 is 10.0 Å². The van der Waals surface area contributed by atoms with Crippen molar-refractivity contribution in [2.45, 2.75) is 31.4 Å². The van der Waals surface area contributed by atoms with Gasteiger partial charge in [0.1, 0.15) is 5.71 Å². The molecule has 100 valence electrons. The molecule has 1 rings (SSSR count). The van der Waals surface area contributed by atoms with Crippen LogP contribution in [0.4, 0.5) is 0 Å². The van der Waals surface area contributed by atoms with E-state index in [0.717, 1.165) is 6.20 Å². The smallest absolute Gasteiger partial charge is 0.309 e. The van der Waals surface area contributed by atoms with Gasteiger partial charge in [-0.15, -0.1) is 0 Å². The fourth-order valence-corrected chi connectivity index (χ4v) is 1.92. The van der Waals surface area contributed by atoms with E-state index in [-0.39, 0.29) is 17.5 Å². The lowest BCUT2D eigenvalue weighted by Gasteiger charge is -2.13. The van der Waals surface area contributed by atoms with Crippen LogP contribution in [-0.2, 0) is 0 Å². The van der Waals surface area contributed by atoms with Crippen molar-refractivity contribution in [1.82, 2.24) is 0 Å². The Kier molecular flexibility index (Phi) is 4.99. The molecule has 0 bridgehead atoms. The van der Waals surface area contributed by atoms with Gasteiger partial charge in [0.15, 0.2) is 0 Å². The highest BCUT2D eigenvalue weighted by Crippen LogP contribution is 2.21. The van der Waals surface area contributed by atoms with Crippen LogP contribution in [-0.4, -0.2) is 34.9 Å². The van der Waals surface area contributed by atoms with Crippen molar-refractivity contribution in [2.75, 3.05) is 7.05 Å². The summed E-state index contributed by atoms with van der Waals surface area (Å²) in [7, 11) is 1.48.